The van der Waals surface area contributed by atoms with Crippen molar-refractivity contribution in [2.45, 2.75) is 53.2 Å². The van der Waals surface area contributed by atoms with Crippen LogP contribution in [0, 0.1) is 12.8 Å². The molecule has 3 heterocycles. The Kier molecular flexibility index (Phi) is 5.71. The fourth-order valence-corrected chi connectivity index (χ4v) is 4.47. The van der Waals surface area contributed by atoms with Gasteiger partial charge in [0.25, 0.3) is 0 Å². The molecule has 2 aromatic heterocycles. The Morgan fingerprint density at radius 2 is 2.00 bits per heavy atom. The van der Waals surface area contributed by atoms with Crippen LogP contribution in [-0.4, -0.2) is 40.1 Å². The zero-order valence-electron chi connectivity index (χ0n) is 15.8. The molecule has 0 fully saturated rings. The summed E-state index contributed by atoms with van der Waals surface area (Å²) in [5.74, 6) is 1.86. The van der Waals surface area contributed by atoms with Crippen LogP contribution in [0.3, 0.4) is 0 Å². The first-order valence-corrected chi connectivity index (χ1v) is 10.1. The van der Waals surface area contributed by atoms with Gasteiger partial charge in [-0.25, -0.2) is 9.97 Å². The van der Waals surface area contributed by atoms with Gasteiger partial charge in [0.2, 0.25) is 0 Å². The molecule has 0 spiro atoms. The lowest BCUT2D eigenvalue weighted by molar-refractivity contribution is 0.212. The van der Waals surface area contributed by atoms with Gasteiger partial charge in [-0.1, -0.05) is 36.8 Å². The molecule has 7 heteroatoms. The van der Waals surface area contributed by atoms with Crippen molar-refractivity contribution in [2.75, 3.05) is 25.5 Å². The predicted molar refractivity (Wildman–Crippen MR) is 106 cm³/mol. The largest absolute Gasteiger partial charge is 0.354 e. The van der Waals surface area contributed by atoms with E-state index in [-0.39, 0.29) is 0 Å². The molecule has 1 aliphatic rings. The van der Waals surface area contributed by atoms with Crippen LogP contribution in [0.4, 0.5) is 5.13 Å². The summed E-state index contributed by atoms with van der Waals surface area (Å²) in [6, 6.07) is 0. The van der Waals surface area contributed by atoms with Crippen LogP contribution >= 0.6 is 22.9 Å². The number of aryl methyl sites for hydroxylation is 2. The van der Waals surface area contributed by atoms with Crippen molar-refractivity contribution in [3.8, 4) is 0 Å². The fraction of sp³-hybridized carbons (Fsp3) is 0.667. The number of imidazole rings is 1. The van der Waals surface area contributed by atoms with Gasteiger partial charge in [-0.3, -0.25) is 4.90 Å². The van der Waals surface area contributed by atoms with Crippen molar-refractivity contribution in [2.24, 2.45) is 5.92 Å². The molecule has 0 aliphatic carbocycles. The fourth-order valence-electron chi connectivity index (χ4n) is 3.25. The third-order valence-electron chi connectivity index (χ3n) is 4.71. The molecule has 1 aliphatic heterocycles. The maximum Gasteiger partial charge on any atom is 0.186 e. The average Bonchev–Trinajstić information content (AvgIpc) is 3.06. The monoisotopic (exact) mass is 381 g/mol. The molecule has 25 heavy (non-hydrogen) atoms. The van der Waals surface area contributed by atoms with E-state index in [1.165, 1.54) is 17.8 Å². The molecular weight excluding hydrogens is 354 g/mol. The van der Waals surface area contributed by atoms with Gasteiger partial charge in [-0.05, 0) is 25.7 Å². The molecule has 0 saturated carbocycles. The van der Waals surface area contributed by atoms with Crippen molar-refractivity contribution in [3.63, 3.8) is 0 Å². The Bertz CT molecular complexity index is 734. The normalized spacial score (nSPS) is 15.0. The lowest BCUT2D eigenvalue weighted by Gasteiger charge is -2.29. The van der Waals surface area contributed by atoms with Gasteiger partial charge in [0.05, 0.1) is 16.3 Å². The summed E-state index contributed by atoms with van der Waals surface area (Å²) in [5.41, 5.74) is 2.66. The average molecular weight is 382 g/mol. The summed E-state index contributed by atoms with van der Waals surface area (Å²) in [6.07, 6.45) is 2.26. The van der Waals surface area contributed by atoms with E-state index in [1.54, 1.807) is 11.3 Å². The highest BCUT2D eigenvalue weighted by Gasteiger charge is 2.24. The highest BCUT2D eigenvalue weighted by Crippen LogP contribution is 2.31. The number of thiazole rings is 1. The third kappa shape index (κ3) is 4.18. The van der Waals surface area contributed by atoms with Crippen LogP contribution in [0.5, 0.6) is 0 Å². The number of halogens is 1. The highest BCUT2D eigenvalue weighted by molar-refractivity contribution is 7.16. The molecule has 0 bridgehead atoms. The number of rotatable bonds is 6. The maximum atomic E-state index is 6.36. The Balaban J connectivity index is 1.74. The molecule has 0 amide bonds. The number of hydrogen-bond donors (Lipinski definition) is 0. The SMILES string of the molecule is Cc1nc(CCC(C)C)c2n1CCN(Cc1sc(N(C)C)nc1Cl)C2. The van der Waals surface area contributed by atoms with E-state index in [2.05, 4.69) is 35.2 Å². The summed E-state index contributed by atoms with van der Waals surface area (Å²) in [5, 5.41) is 1.61. The van der Waals surface area contributed by atoms with E-state index in [0.29, 0.717) is 11.1 Å². The minimum Gasteiger partial charge on any atom is -0.354 e. The number of fused-ring (bicyclic) bond motifs is 1. The molecule has 0 aromatic carbocycles. The summed E-state index contributed by atoms with van der Waals surface area (Å²) in [4.78, 5) is 14.9. The molecular formula is C18H28ClN5S. The Labute approximate surface area is 159 Å². The van der Waals surface area contributed by atoms with Gasteiger partial charge in [0, 0.05) is 40.3 Å². The smallest absolute Gasteiger partial charge is 0.186 e. The quantitative estimate of drug-likeness (QED) is 0.758. The van der Waals surface area contributed by atoms with Gasteiger partial charge in [0.15, 0.2) is 5.13 Å². The van der Waals surface area contributed by atoms with E-state index >= 15 is 0 Å². The Morgan fingerprint density at radius 1 is 1.24 bits per heavy atom. The summed E-state index contributed by atoms with van der Waals surface area (Å²) >= 11 is 8.04. The topological polar surface area (TPSA) is 37.2 Å². The first kappa shape index (κ1) is 18.7. The standard InChI is InChI=1S/C18H28ClN5S/c1-12(2)6-7-14-15-10-23(8-9-24(15)13(3)20-14)11-16-17(19)21-18(25-16)22(4)5/h12H,6-11H2,1-5H3. The highest BCUT2D eigenvalue weighted by atomic mass is 35.5. The van der Waals surface area contributed by atoms with Crippen molar-refractivity contribution in [1.29, 1.82) is 0 Å². The van der Waals surface area contributed by atoms with Crippen LogP contribution in [0.2, 0.25) is 5.15 Å². The molecule has 0 radical (unpaired) electrons. The summed E-state index contributed by atoms with van der Waals surface area (Å²) in [7, 11) is 4.00. The minimum absolute atomic E-state index is 0.643. The molecule has 0 N–H and O–H groups in total. The molecule has 0 unspecified atom stereocenters. The van der Waals surface area contributed by atoms with Crippen LogP contribution < -0.4 is 4.90 Å². The first-order valence-electron chi connectivity index (χ1n) is 8.95. The molecule has 138 valence electrons. The Hall–Kier alpha value is -1.11. The lowest BCUT2D eigenvalue weighted by atomic mass is 10.0. The predicted octanol–water partition coefficient (Wildman–Crippen LogP) is 3.97. The molecule has 5 nitrogen and oxygen atoms in total. The van der Waals surface area contributed by atoms with E-state index in [4.69, 9.17) is 16.6 Å². The van der Waals surface area contributed by atoms with Crippen LogP contribution in [0.25, 0.3) is 0 Å². The van der Waals surface area contributed by atoms with Gasteiger partial charge < -0.3 is 9.47 Å². The third-order valence-corrected chi connectivity index (χ3v) is 6.34. The number of nitrogens with zero attached hydrogens (tertiary/aromatic N) is 5. The van der Waals surface area contributed by atoms with Crippen LogP contribution in [0.1, 0.15) is 42.4 Å². The van der Waals surface area contributed by atoms with Crippen molar-refractivity contribution < 1.29 is 0 Å². The van der Waals surface area contributed by atoms with Gasteiger partial charge >= 0.3 is 0 Å². The van der Waals surface area contributed by atoms with Gasteiger partial charge in [-0.15, -0.1) is 0 Å². The van der Waals surface area contributed by atoms with E-state index in [0.717, 1.165) is 48.4 Å². The number of aromatic nitrogens is 3. The molecule has 3 rings (SSSR count). The summed E-state index contributed by atoms with van der Waals surface area (Å²) < 4.78 is 2.39. The van der Waals surface area contributed by atoms with E-state index in [1.807, 2.05) is 19.0 Å². The zero-order chi connectivity index (χ0) is 18.1. The second kappa shape index (κ2) is 7.64. The van der Waals surface area contributed by atoms with E-state index in [9.17, 15) is 0 Å². The van der Waals surface area contributed by atoms with Crippen LogP contribution in [-0.2, 0) is 26.1 Å². The first-order chi connectivity index (χ1) is 11.8. The zero-order valence-corrected chi connectivity index (χ0v) is 17.4. The second-order valence-corrected chi connectivity index (χ2v) is 8.87. The van der Waals surface area contributed by atoms with Crippen LogP contribution in [0.15, 0.2) is 0 Å². The van der Waals surface area contributed by atoms with Crippen molar-refractivity contribution >= 4 is 28.1 Å². The minimum atomic E-state index is 0.643. The summed E-state index contributed by atoms with van der Waals surface area (Å²) in [6.45, 7) is 10.5. The Morgan fingerprint density at radius 3 is 2.64 bits per heavy atom. The molecule has 0 saturated heterocycles. The van der Waals surface area contributed by atoms with Gasteiger partial charge in [0.1, 0.15) is 11.0 Å². The van der Waals surface area contributed by atoms with Crippen molar-refractivity contribution in [1.82, 2.24) is 19.4 Å². The molecule has 2 aromatic rings. The maximum absolute atomic E-state index is 6.36. The number of anilines is 1. The second-order valence-electron chi connectivity index (χ2n) is 7.45. The van der Waals surface area contributed by atoms with Gasteiger partial charge in [-0.2, -0.15) is 0 Å². The van der Waals surface area contributed by atoms with E-state index < -0.39 is 0 Å². The molecule has 0 atom stereocenters. The van der Waals surface area contributed by atoms with Crippen molar-refractivity contribution in [3.05, 3.63) is 27.2 Å². The lowest BCUT2D eigenvalue weighted by Crippen LogP contribution is -2.33. The number of hydrogen-bond acceptors (Lipinski definition) is 5.